The van der Waals surface area contributed by atoms with E-state index in [1.54, 1.807) is 12.1 Å². The monoisotopic (exact) mass is 270 g/mol. The van der Waals surface area contributed by atoms with Crippen LogP contribution in [0.25, 0.3) is 0 Å². The molecule has 0 bridgehead atoms. The van der Waals surface area contributed by atoms with E-state index in [1.807, 2.05) is 42.5 Å². The summed E-state index contributed by atoms with van der Waals surface area (Å²) in [6, 6.07) is 17.5. The number of rotatable bonds is 8. The second kappa shape index (κ2) is 8.26. The number of para-hydroxylation sites is 1. The Morgan fingerprint density at radius 1 is 0.750 bits per heavy atom. The van der Waals surface area contributed by atoms with E-state index in [2.05, 4.69) is 0 Å². The smallest absolute Gasteiger partial charge is 0.119 e. The van der Waals surface area contributed by atoms with Crippen molar-refractivity contribution in [3.63, 3.8) is 0 Å². The van der Waals surface area contributed by atoms with Gasteiger partial charge in [-0.15, -0.1) is 0 Å². The topological polar surface area (TPSA) is 29.5 Å². The minimum absolute atomic E-state index is 0.340. The first-order valence-corrected chi connectivity index (χ1v) is 7.30. The summed E-state index contributed by atoms with van der Waals surface area (Å²) < 4.78 is 5.66. The molecule has 2 heteroatoms. The van der Waals surface area contributed by atoms with Gasteiger partial charge in [-0.1, -0.05) is 43.2 Å². The summed E-state index contributed by atoms with van der Waals surface area (Å²) in [4.78, 5) is 0. The molecule has 0 aliphatic heterocycles. The Kier molecular flexibility index (Phi) is 5.97. The fourth-order valence-corrected chi connectivity index (χ4v) is 2.15. The zero-order valence-electron chi connectivity index (χ0n) is 11.8. The molecule has 0 saturated heterocycles. The third kappa shape index (κ3) is 5.35. The number of phenols is 1. The first-order valence-electron chi connectivity index (χ1n) is 7.30. The molecular formula is C18H22O2. The highest BCUT2D eigenvalue weighted by molar-refractivity contribution is 5.25. The molecule has 0 heterocycles. The second-order valence-electron chi connectivity index (χ2n) is 4.99. The normalized spacial score (nSPS) is 10.4. The summed E-state index contributed by atoms with van der Waals surface area (Å²) in [6.07, 6.45) is 5.80. The Balaban J connectivity index is 1.51. The van der Waals surface area contributed by atoms with Gasteiger partial charge in [0.2, 0.25) is 0 Å². The number of aromatic hydroxyl groups is 1. The standard InChI is InChI=1S/C18H22O2/c19-17-13-11-16(12-14-17)8-4-1-2-7-15-20-18-9-5-3-6-10-18/h3,5-6,9-14,19H,1-2,4,7-8,15H2. The van der Waals surface area contributed by atoms with Crippen LogP contribution in [0, 0.1) is 0 Å². The molecule has 0 aliphatic rings. The summed E-state index contributed by atoms with van der Waals surface area (Å²) in [6.45, 7) is 0.795. The van der Waals surface area contributed by atoms with Crippen LogP contribution >= 0.6 is 0 Å². The number of unbranched alkanes of at least 4 members (excludes halogenated alkanes) is 3. The van der Waals surface area contributed by atoms with E-state index in [0.717, 1.165) is 25.2 Å². The zero-order valence-corrected chi connectivity index (χ0v) is 11.8. The zero-order chi connectivity index (χ0) is 14.0. The summed E-state index contributed by atoms with van der Waals surface area (Å²) in [7, 11) is 0. The van der Waals surface area contributed by atoms with E-state index >= 15 is 0 Å². The highest BCUT2D eigenvalue weighted by Crippen LogP contribution is 2.13. The van der Waals surface area contributed by atoms with E-state index in [0.29, 0.717) is 5.75 Å². The average molecular weight is 270 g/mol. The van der Waals surface area contributed by atoms with E-state index < -0.39 is 0 Å². The predicted molar refractivity (Wildman–Crippen MR) is 82.2 cm³/mol. The Morgan fingerprint density at radius 3 is 2.20 bits per heavy atom. The third-order valence-electron chi connectivity index (χ3n) is 3.31. The molecule has 2 nitrogen and oxygen atoms in total. The Labute approximate surface area is 121 Å². The van der Waals surface area contributed by atoms with Gasteiger partial charge in [0.15, 0.2) is 0 Å². The summed E-state index contributed by atoms with van der Waals surface area (Å²) in [5.41, 5.74) is 1.29. The van der Waals surface area contributed by atoms with E-state index in [1.165, 1.54) is 24.8 Å². The molecule has 20 heavy (non-hydrogen) atoms. The van der Waals surface area contributed by atoms with Gasteiger partial charge in [-0.25, -0.2) is 0 Å². The maximum atomic E-state index is 9.21. The van der Waals surface area contributed by atoms with Gasteiger partial charge in [-0.05, 0) is 49.1 Å². The number of phenolic OH excluding ortho intramolecular Hbond substituents is 1. The van der Waals surface area contributed by atoms with E-state index in [-0.39, 0.29) is 0 Å². The van der Waals surface area contributed by atoms with Crippen LogP contribution in [0.1, 0.15) is 31.2 Å². The summed E-state index contributed by atoms with van der Waals surface area (Å²) in [5, 5.41) is 9.21. The van der Waals surface area contributed by atoms with Gasteiger partial charge < -0.3 is 9.84 Å². The molecule has 106 valence electrons. The molecule has 0 atom stereocenters. The van der Waals surface area contributed by atoms with Gasteiger partial charge in [0.1, 0.15) is 11.5 Å². The molecule has 0 aromatic heterocycles. The summed E-state index contributed by atoms with van der Waals surface area (Å²) >= 11 is 0. The van der Waals surface area contributed by atoms with Gasteiger partial charge >= 0.3 is 0 Å². The predicted octanol–water partition coefficient (Wildman–Crippen LogP) is 4.57. The fraction of sp³-hybridized carbons (Fsp3) is 0.333. The average Bonchev–Trinajstić information content (AvgIpc) is 2.49. The molecule has 0 aliphatic carbocycles. The molecule has 0 spiro atoms. The molecule has 0 amide bonds. The van der Waals surface area contributed by atoms with Crippen molar-refractivity contribution in [2.24, 2.45) is 0 Å². The Morgan fingerprint density at radius 2 is 1.45 bits per heavy atom. The molecule has 2 rings (SSSR count). The summed E-state index contributed by atoms with van der Waals surface area (Å²) in [5.74, 6) is 1.29. The number of hydrogen-bond acceptors (Lipinski definition) is 2. The SMILES string of the molecule is Oc1ccc(CCCCCCOc2ccccc2)cc1. The van der Waals surface area contributed by atoms with Crippen molar-refractivity contribution < 1.29 is 9.84 Å². The van der Waals surface area contributed by atoms with Gasteiger partial charge in [0.05, 0.1) is 6.61 Å². The largest absolute Gasteiger partial charge is 0.508 e. The van der Waals surface area contributed by atoms with Crippen molar-refractivity contribution in [1.29, 1.82) is 0 Å². The lowest BCUT2D eigenvalue weighted by Gasteiger charge is -2.06. The maximum Gasteiger partial charge on any atom is 0.119 e. The highest BCUT2D eigenvalue weighted by Gasteiger charge is 1.96. The number of ether oxygens (including phenoxy) is 1. The van der Waals surface area contributed by atoms with Crippen molar-refractivity contribution >= 4 is 0 Å². The van der Waals surface area contributed by atoms with Crippen molar-refractivity contribution in [1.82, 2.24) is 0 Å². The van der Waals surface area contributed by atoms with Gasteiger partial charge in [-0.2, -0.15) is 0 Å². The van der Waals surface area contributed by atoms with Crippen LogP contribution in [0.2, 0.25) is 0 Å². The minimum atomic E-state index is 0.340. The molecule has 0 fully saturated rings. The number of aryl methyl sites for hydroxylation is 1. The van der Waals surface area contributed by atoms with Gasteiger partial charge in [0.25, 0.3) is 0 Å². The van der Waals surface area contributed by atoms with Crippen LogP contribution in [-0.4, -0.2) is 11.7 Å². The van der Waals surface area contributed by atoms with Crippen molar-refractivity contribution in [2.45, 2.75) is 32.1 Å². The Bertz CT molecular complexity index is 477. The number of benzene rings is 2. The van der Waals surface area contributed by atoms with E-state index in [9.17, 15) is 5.11 Å². The van der Waals surface area contributed by atoms with E-state index in [4.69, 9.17) is 4.74 Å². The number of hydrogen-bond donors (Lipinski definition) is 1. The molecule has 0 radical (unpaired) electrons. The van der Waals surface area contributed by atoms with Crippen molar-refractivity contribution in [3.8, 4) is 11.5 Å². The molecule has 2 aromatic carbocycles. The fourth-order valence-electron chi connectivity index (χ4n) is 2.15. The van der Waals surface area contributed by atoms with Crippen LogP contribution < -0.4 is 4.74 Å². The lowest BCUT2D eigenvalue weighted by Crippen LogP contribution is -1.97. The van der Waals surface area contributed by atoms with Crippen molar-refractivity contribution in [2.75, 3.05) is 6.61 Å². The molecule has 0 unspecified atom stereocenters. The van der Waals surface area contributed by atoms with Crippen LogP contribution in [0.4, 0.5) is 0 Å². The van der Waals surface area contributed by atoms with Gasteiger partial charge in [-0.3, -0.25) is 0 Å². The van der Waals surface area contributed by atoms with Crippen molar-refractivity contribution in [3.05, 3.63) is 60.2 Å². The minimum Gasteiger partial charge on any atom is -0.508 e. The molecule has 0 saturated carbocycles. The highest BCUT2D eigenvalue weighted by atomic mass is 16.5. The third-order valence-corrected chi connectivity index (χ3v) is 3.31. The quantitative estimate of drug-likeness (QED) is 0.712. The molecule has 1 N–H and O–H groups in total. The molecule has 2 aromatic rings. The molecular weight excluding hydrogens is 248 g/mol. The first-order chi connectivity index (χ1) is 9.84. The first kappa shape index (κ1) is 14.4. The van der Waals surface area contributed by atoms with Crippen LogP contribution in [0.15, 0.2) is 54.6 Å². The van der Waals surface area contributed by atoms with Crippen LogP contribution in [-0.2, 0) is 6.42 Å². The lowest BCUT2D eigenvalue weighted by molar-refractivity contribution is 0.304. The van der Waals surface area contributed by atoms with Crippen LogP contribution in [0.3, 0.4) is 0 Å². The second-order valence-corrected chi connectivity index (χ2v) is 4.99. The maximum absolute atomic E-state index is 9.21. The van der Waals surface area contributed by atoms with Gasteiger partial charge in [0, 0.05) is 0 Å². The lowest BCUT2D eigenvalue weighted by atomic mass is 10.1. The van der Waals surface area contributed by atoms with Crippen LogP contribution in [0.5, 0.6) is 11.5 Å². The Hall–Kier alpha value is -1.96.